The molecule has 0 amide bonds. The predicted octanol–water partition coefficient (Wildman–Crippen LogP) is 1.81. The standard InChI is InChI=1S/C20H24N4O3/c1-12(2)27-19-7-15-14(8-22-19)9-23-20(15)13-4-5-21-18(6-13)24-10-16(25)17(11-24)26-3/h4-8,12,16-17,25H,9-11H2,1-3H3/t16-,17-/m0/s1. The third-order valence-corrected chi connectivity index (χ3v) is 4.86. The predicted molar refractivity (Wildman–Crippen MR) is 103 cm³/mol. The van der Waals surface area contributed by atoms with Crippen LogP contribution < -0.4 is 9.64 Å². The van der Waals surface area contributed by atoms with E-state index in [1.165, 1.54) is 0 Å². The zero-order chi connectivity index (χ0) is 19.0. The van der Waals surface area contributed by atoms with E-state index < -0.39 is 6.10 Å². The average molecular weight is 368 g/mol. The molecule has 1 N–H and O–H groups in total. The minimum absolute atomic E-state index is 0.0696. The molecule has 4 heterocycles. The Balaban J connectivity index is 1.61. The van der Waals surface area contributed by atoms with E-state index in [9.17, 15) is 5.11 Å². The second-order valence-corrected chi connectivity index (χ2v) is 7.16. The van der Waals surface area contributed by atoms with Crippen LogP contribution in [0.1, 0.15) is 30.5 Å². The number of aromatic nitrogens is 2. The minimum Gasteiger partial charge on any atom is -0.475 e. The molecule has 2 aromatic rings. The van der Waals surface area contributed by atoms with Gasteiger partial charge in [0.05, 0.1) is 24.5 Å². The molecule has 0 bridgehead atoms. The number of aliphatic hydroxyl groups is 1. The highest BCUT2D eigenvalue weighted by atomic mass is 16.5. The molecule has 142 valence electrons. The number of nitrogens with zero attached hydrogens (tertiary/aromatic N) is 4. The molecule has 0 unspecified atom stereocenters. The molecule has 4 rings (SSSR count). The van der Waals surface area contributed by atoms with E-state index in [1.54, 1.807) is 13.3 Å². The lowest BCUT2D eigenvalue weighted by Crippen LogP contribution is -2.25. The van der Waals surface area contributed by atoms with Gasteiger partial charge in [0.25, 0.3) is 0 Å². The van der Waals surface area contributed by atoms with Crippen LogP contribution in [0, 0.1) is 0 Å². The molecular formula is C20H24N4O3. The van der Waals surface area contributed by atoms with Crippen molar-refractivity contribution in [1.82, 2.24) is 9.97 Å². The average Bonchev–Trinajstić information content (AvgIpc) is 3.24. The van der Waals surface area contributed by atoms with Crippen LogP contribution in [0.4, 0.5) is 5.82 Å². The Morgan fingerprint density at radius 3 is 2.81 bits per heavy atom. The van der Waals surface area contributed by atoms with Crippen molar-refractivity contribution in [3.63, 3.8) is 0 Å². The summed E-state index contributed by atoms with van der Waals surface area (Å²) in [7, 11) is 1.62. The van der Waals surface area contributed by atoms with Gasteiger partial charge in [-0.2, -0.15) is 0 Å². The molecule has 1 saturated heterocycles. The summed E-state index contributed by atoms with van der Waals surface area (Å²) in [4.78, 5) is 15.6. The molecule has 7 heteroatoms. The van der Waals surface area contributed by atoms with Gasteiger partial charge in [-0.3, -0.25) is 4.99 Å². The number of anilines is 1. The zero-order valence-corrected chi connectivity index (χ0v) is 15.8. The fraction of sp³-hybridized carbons (Fsp3) is 0.450. The van der Waals surface area contributed by atoms with Gasteiger partial charge in [-0.25, -0.2) is 9.97 Å². The highest BCUT2D eigenvalue weighted by Gasteiger charge is 2.32. The molecular weight excluding hydrogens is 344 g/mol. The normalized spacial score (nSPS) is 21.5. The second-order valence-electron chi connectivity index (χ2n) is 7.16. The topological polar surface area (TPSA) is 80.1 Å². The van der Waals surface area contributed by atoms with Gasteiger partial charge in [-0.1, -0.05) is 0 Å². The third kappa shape index (κ3) is 3.52. The maximum absolute atomic E-state index is 10.1. The van der Waals surface area contributed by atoms with Gasteiger partial charge in [-0.05, 0) is 26.0 Å². The molecule has 0 saturated carbocycles. The SMILES string of the molecule is CO[C@H]1CN(c2cc(C3=NCc4cnc(OC(C)C)cc43)ccn2)C[C@@H]1O. The molecule has 2 aromatic heterocycles. The van der Waals surface area contributed by atoms with Gasteiger partial charge >= 0.3 is 0 Å². The number of aliphatic imine (C=N–C) groups is 1. The summed E-state index contributed by atoms with van der Waals surface area (Å²) in [6.07, 6.45) is 2.99. The molecule has 2 aliphatic heterocycles. The van der Waals surface area contributed by atoms with Crippen molar-refractivity contribution in [2.45, 2.75) is 38.7 Å². The molecule has 1 fully saturated rings. The second kappa shape index (κ2) is 7.25. The summed E-state index contributed by atoms with van der Waals surface area (Å²) >= 11 is 0. The van der Waals surface area contributed by atoms with Crippen molar-refractivity contribution in [2.75, 3.05) is 25.1 Å². The summed E-state index contributed by atoms with van der Waals surface area (Å²) in [5.74, 6) is 1.42. The Kier molecular flexibility index (Phi) is 4.80. The largest absolute Gasteiger partial charge is 0.475 e. The van der Waals surface area contributed by atoms with Gasteiger partial charge in [-0.15, -0.1) is 0 Å². The van der Waals surface area contributed by atoms with Crippen LogP contribution in [0.5, 0.6) is 5.88 Å². The summed E-state index contributed by atoms with van der Waals surface area (Å²) in [5.41, 5.74) is 4.06. The lowest BCUT2D eigenvalue weighted by atomic mass is 10.0. The van der Waals surface area contributed by atoms with Crippen molar-refractivity contribution < 1.29 is 14.6 Å². The van der Waals surface area contributed by atoms with Crippen molar-refractivity contribution in [3.05, 3.63) is 47.3 Å². The monoisotopic (exact) mass is 368 g/mol. The number of hydrogen-bond acceptors (Lipinski definition) is 7. The smallest absolute Gasteiger partial charge is 0.214 e. The number of pyridine rings is 2. The van der Waals surface area contributed by atoms with Gasteiger partial charge in [0, 0.05) is 55.3 Å². The first-order valence-corrected chi connectivity index (χ1v) is 9.17. The third-order valence-electron chi connectivity index (χ3n) is 4.86. The number of methoxy groups -OCH3 is 1. The van der Waals surface area contributed by atoms with Crippen LogP contribution in [-0.4, -0.2) is 59.3 Å². The highest BCUT2D eigenvalue weighted by Crippen LogP contribution is 2.28. The Hall–Kier alpha value is -2.51. The fourth-order valence-corrected chi connectivity index (χ4v) is 3.53. The first-order chi connectivity index (χ1) is 13.0. The van der Waals surface area contributed by atoms with Gasteiger partial charge < -0.3 is 19.5 Å². The van der Waals surface area contributed by atoms with Gasteiger partial charge in [0.1, 0.15) is 11.9 Å². The summed E-state index contributed by atoms with van der Waals surface area (Å²) in [6, 6.07) is 5.94. The molecule has 0 aromatic carbocycles. The van der Waals surface area contributed by atoms with Crippen molar-refractivity contribution in [3.8, 4) is 5.88 Å². The van der Waals surface area contributed by atoms with E-state index in [0.717, 1.165) is 28.2 Å². The van der Waals surface area contributed by atoms with E-state index in [-0.39, 0.29) is 12.2 Å². The van der Waals surface area contributed by atoms with Gasteiger partial charge in [0.2, 0.25) is 5.88 Å². The molecule has 7 nitrogen and oxygen atoms in total. The van der Waals surface area contributed by atoms with Crippen LogP contribution in [0.2, 0.25) is 0 Å². The number of hydrogen-bond donors (Lipinski definition) is 1. The van der Waals surface area contributed by atoms with Crippen molar-refractivity contribution in [2.24, 2.45) is 4.99 Å². The minimum atomic E-state index is -0.508. The Morgan fingerprint density at radius 1 is 1.22 bits per heavy atom. The lowest BCUT2D eigenvalue weighted by molar-refractivity contribution is 0.0217. The lowest BCUT2D eigenvalue weighted by Gasteiger charge is -2.17. The first-order valence-electron chi connectivity index (χ1n) is 9.17. The number of aliphatic hydroxyl groups excluding tert-OH is 1. The number of fused-ring (bicyclic) bond motifs is 1. The fourth-order valence-electron chi connectivity index (χ4n) is 3.53. The number of rotatable bonds is 5. The summed E-state index contributed by atoms with van der Waals surface area (Å²) in [5, 5.41) is 10.1. The quantitative estimate of drug-likeness (QED) is 0.867. The molecule has 0 radical (unpaired) electrons. The van der Waals surface area contributed by atoms with E-state index in [1.807, 2.05) is 43.1 Å². The van der Waals surface area contributed by atoms with Crippen LogP contribution in [0.3, 0.4) is 0 Å². The van der Waals surface area contributed by atoms with E-state index in [2.05, 4.69) is 9.97 Å². The van der Waals surface area contributed by atoms with Crippen molar-refractivity contribution >= 4 is 11.5 Å². The van der Waals surface area contributed by atoms with Crippen LogP contribution in [0.25, 0.3) is 0 Å². The van der Waals surface area contributed by atoms with Crippen LogP contribution >= 0.6 is 0 Å². The van der Waals surface area contributed by atoms with Crippen molar-refractivity contribution in [1.29, 1.82) is 0 Å². The Bertz CT molecular complexity index is 868. The Labute approximate surface area is 158 Å². The summed E-state index contributed by atoms with van der Waals surface area (Å²) in [6.45, 7) is 5.71. The number of ether oxygens (including phenoxy) is 2. The Morgan fingerprint density at radius 2 is 2.07 bits per heavy atom. The number of β-amino-alcohol motifs (C(OH)–C–C–N with tert-alkyl or cyclic N) is 1. The molecule has 2 atom stereocenters. The van der Waals surface area contributed by atoms with E-state index in [4.69, 9.17) is 14.5 Å². The maximum Gasteiger partial charge on any atom is 0.214 e. The molecule has 0 aliphatic carbocycles. The van der Waals surface area contributed by atoms with E-state index in [0.29, 0.717) is 25.5 Å². The molecule has 27 heavy (non-hydrogen) atoms. The van der Waals surface area contributed by atoms with E-state index >= 15 is 0 Å². The van der Waals surface area contributed by atoms with Crippen LogP contribution in [0.15, 0.2) is 35.6 Å². The molecule has 2 aliphatic rings. The van der Waals surface area contributed by atoms with Gasteiger partial charge in [0.15, 0.2) is 0 Å². The van der Waals surface area contributed by atoms with Crippen LogP contribution in [-0.2, 0) is 11.3 Å². The molecule has 0 spiro atoms. The zero-order valence-electron chi connectivity index (χ0n) is 15.8. The maximum atomic E-state index is 10.1. The first kappa shape index (κ1) is 17.9. The summed E-state index contributed by atoms with van der Waals surface area (Å²) < 4.78 is 11.1. The highest BCUT2D eigenvalue weighted by molar-refractivity contribution is 6.15.